The van der Waals surface area contributed by atoms with Gasteiger partial charge in [-0.3, -0.25) is 0 Å². The Hall–Kier alpha value is -1.43. The number of rotatable bonds is 5. The van der Waals surface area contributed by atoms with Crippen LogP contribution in [0.15, 0.2) is 18.6 Å². The number of hydrogen-bond donors (Lipinski definition) is 2. The Morgan fingerprint density at radius 1 is 1.45 bits per heavy atom. The van der Waals surface area contributed by atoms with E-state index in [0.717, 1.165) is 29.1 Å². The summed E-state index contributed by atoms with van der Waals surface area (Å²) < 4.78 is 2.02. The van der Waals surface area contributed by atoms with Crippen LogP contribution >= 0.6 is 11.8 Å². The lowest BCUT2D eigenvalue weighted by atomic mass is 10.2. The Labute approximate surface area is 123 Å². The molecular formula is C14H21N5S. The highest BCUT2D eigenvalue weighted by atomic mass is 32.2. The number of nitrogens with zero attached hydrogens (tertiary/aromatic N) is 3. The molecule has 2 unspecified atom stereocenters. The first-order chi connectivity index (χ1) is 9.80. The maximum Gasteiger partial charge on any atom is 0.180 e. The van der Waals surface area contributed by atoms with Crippen LogP contribution in [0.3, 0.4) is 0 Å². The van der Waals surface area contributed by atoms with Crippen molar-refractivity contribution >= 4 is 29.0 Å². The van der Waals surface area contributed by atoms with Crippen LogP contribution in [0, 0.1) is 0 Å². The van der Waals surface area contributed by atoms with Gasteiger partial charge in [0.05, 0.1) is 6.20 Å². The monoisotopic (exact) mass is 291 g/mol. The Morgan fingerprint density at radius 2 is 2.35 bits per heavy atom. The van der Waals surface area contributed by atoms with Crippen LogP contribution in [-0.4, -0.2) is 38.5 Å². The molecule has 6 heteroatoms. The molecule has 1 aliphatic rings. The number of hydrogen-bond acceptors (Lipinski definition) is 5. The number of anilines is 2. The zero-order valence-electron chi connectivity index (χ0n) is 12.0. The van der Waals surface area contributed by atoms with E-state index in [2.05, 4.69) is 33.8 Å². The largest absolute Gasteiger partial charge is 0.369 e. The maximum atomic E-state index is 4.66. The smallest absolute Gasteiger partial charge is 0.180 e. The predicted octanol–water partition coefficient (Wildman–Crippen LogP) is 2.86. The zero-order valence-corrected chi connectivity index (χ0v) is 12.8. The van der Waals surface area contributed by atoms with Crippen molar-refractivity contribution in [3.8, 4) is 0 Å². The summed E-state index contributed by atoms with van der Waals surface area (Å²) in [6, 6.07) is 0.511. The van der Waals surface area contributed by atoms with Crippen molar-refractivity contribution in [2.24, 2.45) is 0 Å². The van der Waals surface area contributed by atoms with Gasteiger partial charge in [0.2, 0.25) is 0 Å². The van der Waals surface area contributed by atoms with Gasteiger partial charge in [0, 0.05) is 30.2 Å². The topological polar surface area (TPSA) is 54.2 Å². The van der Waals surface area contributed by atoms with Crippen LogP contribution in [-0.2, 0) is 0 Å². The first-order valence-corrected chi connectivity index (χ1v) is 8.46. The minimum atomic E-state index is 0.511. The highest BCUT2D eigenvalue weighted by Crippen LogP contribution is 2.30. The molecule has 3 rings (SSSR count). The molecule has 1 fully saturated rings. The van der Waals surface area contributed by atoms with Gasteiger partial charge in [0.15, 0.2) is 11.5 Å². The molecule has 1 saturated carbocycles. The van der Waals surface area contributed by atoms with Crippen LogP contribution in [0.4, 0.5) is 11.6 Å². The van der Waals surface area contributed by atoms with Gasteiger partial charge < -0.3 is 15.0 Å². The first-order valence-electron chi connectivity index (χ1n) is 7.17. The summed E-state index contributed by atoms with van der Waals surface area (Å²) in [5.74, 6) is 1.78. The summed E-state index contributed by atoms with van der Waals surface area (Å²) >= 11 is 1.97. The molecule has 20 heavy (non-hydrogen) atoms. The SMILES string of the molecule is CCNc1cn2ccnc2c(NC2CCC(SC)C2)n1. The van der Waals surface area contributed by atoms with Crippen LogP contribution < -0.4 is 10.6 Å². The van der Waals surface area contributed by atoms with E-state index in [9.17, 15) is 0 Å². The average molecular weight is 291 g/mol. The van der Waals surface area contributed by atoms with Crippen molar-refractivity contribution in [2.45, 2.75) is 37.5 Å². The van der Waals surface area contributed by atoms with E-state index in [1.165, 1.54) is 19.3 Å². The lowest BCUT2D eigenvalue weighted by Crippen LogP contribution is -2.18. The Bertz CT molecular complexity index is 582. The molecule has 1 aliphatic carbocycles. The van der Waals surface area contributed by atoms with E-state index in [1.54, 1.807) is 0 Å². The predicted molar refractivity (Wildman–Crippen MR) is 85.7 cm³/mol. The second kappa shape index (κ2) is 5.91. The third-order valence-electron chi connectivity index (χ3n) is 3.79. The van der Waals surface area contributed by atoms with Gasteiger partial charge in [-0.2, -0.15) is 11.8 Å². The van der Waals surface area contributed by atoms with E-state index < -0.39 is 0 Å². The molecule has 0 aromatic carbocycles. The molecule has 2 aromatic rings. The summed E-state index contributed by atoms with van der Waals surface area (Å²) in [6.07, 6.45) is 11.7. The summed E-state index contributed by atoms with van der Waals surface area (Å²) in [4.78, 5) is 9.07. The van der Waals surface area contributed by atoms with Crippen LogP contribution in [0.2, 0.25) is 0 Å². The van der Waals surface area contributed by atoms with Crippen LogP contribution in [0.1, 0.15) is 26.2 Å². The zero-order chi connectivity index (χ0) is 13.9. The molecule has 0 amide bonds. The van der Waals surface area contributed by atoms with Crippen LogP contribution in [0.25, 0.3) is 5.65 Å². The highest BCUT2D eigenvalue weighted by molar-refractivity contribution is 7.99. The lowest BCUT2D eigenvalue weighted by molar-refractivity contribution is 0.752. The van der Waals surface area contributed by atoms with Crippen LogP contribution in [0.5, 0.6) is 0 Å². The fourth-order valence-electron chi connectivity index (χ4n) is 2.77. The molecule has 2 atom stereocenters. The fraction of sp³-hybridized carbons (Fsp3) is 0.571. The molecule has 5 nitrogen and oxygen atoms in total. The van der Waals surface area contributed by atoms with Gasteiger partial charge in [-0.15, -0.1) is 0 Å². The minimum Gasteiger partial charge on any atom is -0.369 e. The van der Waals surface area contributed by atoms with Crippen molar-refractivity contribution in [1.82, 2.24) is 14.4 Å². The molecular weight excluding hydrogens is 270 g/mol. The molecule has 0 spiro atoms. The molecule has 0 bridgehead atoms. The van der Waals surface area contributed by atoms with Gasteiger partial charge in [-0.1, -0.05) is 0 Å². The van der Waals surface area contributed by atoms with Gasteiger partial charge in [-0.25, -0.2) is 9.97 Å². The summed E-state index contributed by atoms with van der Waals surface area (Å²) in [6.45, 7) is 2.94. The second-order valence-electron chi connectivity index (χ2n) is 5.18. The van der Waals surface area contributed by atoms with Crippen molar-refractivity contribution in [3.63, 3.8) is 0 Å². The standard InChI is InChI=1S/C14H21N5S/c1-3-15-12-9-19-7-6-16-14(19)13(18-12)17-10-4-5-11(8-10)20-2/h6-7,9-11,15H,3-5,8H2,1-2H3,(H,17,18). The van der Waals surface area contributed by atoms with Crippen molar-refractivity contribution in [1.29, 1.82) is 0 Å². The van der Waals surface area contributed by atoms with Crippen molar-refractivity contribution in [3.05, 3.63) is 18.6 Å². The average Bonchev–Trinajstić information content (AvgIpc) is 3.07. The summed E-state index contributed by atoms with van der Waals surface area (Å²) in [5, 5.41) is 7.63. The number of imidazole rings is 1. The van der Waals surface area contributed by atoms with Gasteiger partial charge >= 0.3 is 0 Å². The van der Waals surface area contributed by atoms with Gasteiger partial charge in [0.25, 0.3) is 0 Å². The van der Waals surface area contributed by atoms with E-state index >= 15 is 0 Å². The third-order valence-corrected chi connectivity index (χ3v) is 4.89. The summed E-state index contributed by atoms with van der Waals surface area (Å²) in [5.41, 5.74) is 0.902. The van der Waals surface area contributed by atoms with Gasteiger partial charge in [0.1, 0.15) is 5.82 Å². The molecule has 2 heterocycles. The Kier molecular flexibility index (Phi) is 4.00. The molecule has 0 radical (unpaired) electrons. The Balaban J connectivity index is 1.84. The number of thioether (sulfide) groups is 1. The maximum absolute atomic E-state index is 4.66. The Morgan fingerprint density at radius 3 is 3.10 bits per heavy atom. The minimum absolute atomic E-state index is 0.511. The second-order valence-corrected chi connectivity index (χ2v) is 6.31. The number of fused-ring (bicyclic) bond motifs is 1. The van der Waals surface area contributed by atoms with Crippen molar-refractivity contribution < 1.29 is 0 Å². The van der Waals surface area contributed by atoms with E-state index in [-0.39, 0.29) is 0 Å². The quantitative estimate of drug-likeness (QED) is 0.887. The van der Waals surface area contributed by atoms with Gasteiger partial charge in [-0.05, 0) is 32.4 Å². The number of aromatic nitrogens is 3. The lowest BCUT2D eigenvalue weighted by Gasteiger charge is -2.15. The fourth-order valence-corrected chi connectivity index (χ4v) is 3.57. The normalized spacial score (nSPS) is 22.3. The molecule has 108 valence electrons. The van der Waals surface area contributed by atoms with E-state index in [4.69, 9.17) is 0 Å². The van der Waals surface area contributed by atoms with E-state index in [0.29, 0.717) is 6.04 Å². The number of nitrogens with one attached hydrogen (secondary N) is 2. The first kappa shape index (κ1) is 13.5. The molecule has 0 saturated heterocycles. The highest BCUT2D eigenvalue weighted by Gasteiger charge is 2.24. The molecule has 2 aromatic heterocycles. The summed E-state index contributed by atoms with van der Waals surface area (Å²) in [7, 11) is 0. The van der Waals surface area contributed by atoms with E-state index in [1.807, 2.05) is 34.8 Å². The molecule has 0 aliphatic heterocycles. The molecule has 2 N–H and O–H groups in total. The van der Waals surface area contributed by atoms with Crippen molar-refractivity contribution in [2.75, 3.05) is 23.4 Å². The third kappa shape index (κ3) is 2.70.